The van der Waals surface area contributed by atoms with E-state index >= 15 is 0 Å². The molecular formula is C35H45ClN4O5S. The van der Waals surface area contributed by atoms with Gasteiger partial charge in [-0.2, -0.15) is 0 Å². The van der Waals surface area contributed by atoms with Crippen LogP contribution in [-0.4, -0.2) is 60.9 Å². The van der Waals surface area contributed by atoms with Crippen LogP contribution in [0, 0.1) is 11.8 Å². The van der Waals surface area contributed by atoms with Crippen molar-refractivity contribution in [1.82, 2.24) is 10.0 Å². The lowest BCUT2D eigenvalue weighted by Gasteiger charge is -2.46. The highest BCUT2D eigenvalue weighted by molar-refractivity contribution is 7.92. The zero-order valence-electron chi connectivity index (χ0n) is 26.9. The van der Waals surface area contributed by atoms with Crippen molar-refractivity contribution in [2.24, 2.45) is 16.2 Å². The van der Waals surface area contributed by atoms with Crippen molar-refractivity contribution < 1.29 is 23.3 Å². The summed E-state index contributed by atoms with van der Waals surface area (Å²) in [7, 11) is -1.63. The minimum absolute atomic E-state index is 0.0298. The molecule has 2 aromatic rings. The molecule has 0 saturated heterocycles. The highest BCUT2D eigenvalue weighted by Crippen LogP contribution is 2.47. The highest BCUT2D eigenvalue weighted by Gasteiger charge is 2.44. The fourth-order valence-corrected chi connectivity index (χ4v) is 9.26. The van der Waals surface area contributed by atoms with Crippen LogP contribution in [0.25, 0.3) is 0 Å². The quantitative estimate of drug-likeness (QED) is 0.365. The Balaban J connectivity index is 1.42. The lowest BCUT2D eigenvalue weighted by Crippen LogP contribution is -2.49. The highest BCUT2D eigenvalue weighted by atomic mass is 35.5. The third kappa shape index (κ3) is 6.94. The Labute approximate surface area is 277 Å². The average Bonchev–Trinajstić information content (AvgIpc) is 3.14. The molecule has 0 radical (unpaired) electrons. The number of hydrogen-bond acceptors (Lipinski definition) is 6. The average molecular weight is 669 g/mol. The molecule has 2 aromatic carbocycles. The van der Waals surface area contributed by atoms with Crippen LogP contribution >= 0.6 is 11.6 Å². The maximum absolute atomic E-state index is 14.0. The molecule has 5 atom stereocenters. The molecule has 2 bridgehead atoms. The van der Waals surface area contributed by atoms with E-state index in [1.807, 2.05) is 32.0 Å². The summed E-state index contributed by atoms with van der Waals surface area (Å²) in [6.07, 6.45) is 10.4. The molecular weight excluding hydrogens is 624 g/mol. The van der Waals surface area contributed by atoms with Gasteiger partial charge in [0.05, 0.1) is 24.2 Å². The maximum atomic E-state index is 14.0. The van der Waals surface area contributed by atoms with E-state index < -0.39 is 21.9 Å². The van der Waals surface area contributed by atoms with E-state index in [1.165, 1.54) is 11.1 Å². The number of aryl methyl sites for hydroxylation is 1. The summed E-state index contributed by atoms with van der Waals surface area (Å²) in [4.78, 5) is 28.7. The van der Waals surface area contributed by atoms with Crippen molar-refractivity contribution in [1.29, 1.82) is 0 Å². The lowest BCUT2D eigenvalue weighted by atomic mass is 9.68. The van der Waals surface area contributed by atoms with Crippen molar-refractivity contribution in [2.45, 2.75) is 76.4 Å². The predicted octanol–water partition coefficient (Wildman–Crippen LogP) is 6.44. The van der Waals surface area contributed by atoms with Gasteiger partial charge in [-0.25, -0.2) is 9.00 Å². The number of benzene rings is 2. The summed E-state index contributed by atoms with van der Waals surface area (Å²) in [5, 5.41) is 3.44. The standard InChI is InChI=1S/C35H45ClN4O5S/c1-23(2)37-34(42)39-46(43)17-6-4-5-9-31(44-3)28-13-10-26(28)20-40-21-35(16-7-8-24-18-27(36)12-14-29(24)35)22-45-32-15-11-25(19-30(32)40)33(41)38-46/h5,9,11-12,14-15,18-19,23,26,28,31H,4,6-8,10,13,16-17,20-22H2,1-3H3,(H2,37,38,39,41,42,43)/b9-5+/t26-,28+,31-,35-,46-/m0/s1. The van der Waals surface area contributed by atoms with Crippen molar-refractivity contribution in [3.63, 3.8) is 0 Å². The van der Waals surface area contributed by atoms with Crippen molar-refractivity contribution >= 4 is 39.1 Å². The first-order valence-electron chi connectivity index (χ1n) is 16.5. The summed E-state index contributed by atoms with van der Waals surface area (Å²) >= 11 is 6.43. The molecule has 1 spiro atoms. The van der Waals surface area contributed by atoms with E-state index in [9.17, 15) is 13.8 Å². The Morgan fingerprint density at radius 1 is 1.20 bits per heavy atom. The number of methoxy groups -OCH3 is 1. The Morgan fingerprint density at radius 2 is 2.04 bits per heavy atom. The topological polar surface area (TPSA) is 109 Å². The van der Waals surface area contributed by atoms with Gasteiger partial charge in [-0.05, 0) is 112 Å². The monoisotopic (exact) mass is 668 g/mol. The van der Waals surface area contributed by atoms with Crippen LogP contribution in [0.2, 0.25) is 5.02 Å². The van der Waals surface area contributed by atoms with Gasteiger partial charge >= 0.3 is 6.03 Å². The van der Waals surface area contributed by atoms with Gasteiger partial charge in [-0.3, -0.25) is 9.52 Å². The SMILES string of the molecule is CO[C@H]1/C=C/CCC[S@@](=O)(NC(=O)NC(C)C)=NC(=O)c2ccc3c(c2)N(C[C@@H]2CC[C@H]21)C[C@@]1(CCCc2cc(Cl)ccc21)CO3. The second-order valence-electron chi connectivity index (χ2n) is 13.5. The van der Waals surface area contributed by atoms with Crippen LogP contribution < -0.4 is 19.7 Å². The zero-order valence-corrected chi connectivity index (χ0v) is 28.5. The molecule has 6 rings (SSSR count). The molecule has 0 aromatic heterocycles. The number of fused-ring (bicyclic) bond motifs is 4. The molecule has 248 valence electrons. The number of anilines is 1. The molecule has 9 nitrogen and oxygen atoms in total. The molecule has 2 aliphatic carbocycles. The van der Waals surface area contributed by atoms with Crippen LogP contribution in [0.1, 0.15) is 73.9 Å². The molecule has 2 heterocycles. The Morgan fingerprint density at radius 3 is 2.80 bits per heavy atom. The summed E-state index contributed by atoms with van der Waals surface area (Å²) in [5.41, 5.74) is 3.45. The molecule has 4 aliphatic rings. The fourth-order valence-electron chi connectivity index (χ4n) is 7.55. The van der Waals surface area contributed by atoms with Gasteiger partial charge in [-0.1, -0.05) is 29.8 Å². The van der Waals surface area contributed by atoms with Gasteiger partial charge in [0, 0.05) is 42.2 Å². The number of urea groups is 1. The Bertz CT molecular complexity index is 1640. The van der Waals surface area contributed by atoms with Gasteiger partial charge in [-0.15, -0.1) is 4.36 Å². The number of allylic oxidation sites excluding steroid dienone is 1. The number of amides is 3. The number of halogens is 1. The van der Waals surface area contributed by atoms with Crippen LogP contribution in [-0.2, 0) is 26.5 Å². The number of rotatable bonds is 3. The first-order valence-corrected chi connectivity index (χ1v) is 18.5. The van der Waals surface area contributed by atoms with Gasteiger partial charge in [0.1, 0.15) is 15.7 Å². The van der Waals surface area contributed by atoms with Crippen molar-refractivity contribution in [3.8, 4) is 5.75 Å². The fraction of sp³-hybridized carbons (Fsp3) is 0.543. The van der Waals surface area contributed by atoms with Crippen molar-refractivity contribution in [3.05, 3.63) is 70.3 Å². The Kier molecular flexibility index (Phi) is 9.69. The van der Waals surface area contributed by atoms with Gasteiger partial charge in [0.15, 0.2) is 0 Å². The second kappa shape index (κ2) is 13.6. The predicted molar refractivity (Wildman–Crippen MR) is 182 cm³/mol. The van der Waals surface area contributed by atoms with Crippen LogP contribution in [0.15, 0.2) is 52.9 Å². The minimum atomic E-state index is -3.40. The zero-order chi connectivity index (χ0) is 32.5. The first kappa shape index (κ1) is 32.8. The summed E-state index contributed by atoms with van der Waals surface area (Å²) in [6.45, 7) is 5.66. The number of nitrogens with zero attached hydrogens (tertiary/aromatic N) is 2. The third-order valence-electron chi connectivity index (χ3n) is 9.93. The first-order chi connectivity index (χ1) is 22.1. The number of hydrogen-bond donors (Lipinski definition) is 2. The van der Waals surface area contributed by atoms with E-state index in [2.05, 4.69) is 43.6 Å². The van der Waals surface area contributed by atoms with E-state index in [1.54, 1.807) is 13.2 Å². The number of carbonyl (C=O) groups is 2. The van der Waals surface area contributed by atoms with Crippen LogP contribution in [0.4, 0.5) is 10.5 Å². The number of nitrogens with one attached hydrogen (secondary N) is 2. The van der Waals surface area contributed by atoms with E-state index in [4.69, 9.17) is 21.1 Å². The summed E-state index contributed by atoms with van der Waals surface area (Å²) in [5.74, 6) is 0.901. The smallest absolute Gasteiger partial charge is 0.327 e. The van der Waals surface area contributed by atoms with Crippen LogP contribution in [0.3, 0.4) is 0 Å². The van der Waals surface area contributed by atoms with E-state index in [0.717, 1.165) is 55.9 Å². The van der Waals surface area contributed by atoms with Crippen molar-refractivity contribution in [2.75, 3.05) is 37.5 Å². The molecule has 2 aliphatic heterocycles. The molecule has 0 unspecified atom stereocenters. The van der Waals surface area contributed by atoms with Gasteiger partial charge in [0.2, 0.25) is 0 Å². The van der Waals surface area contributed by atoms with Gasteiger partial charge in [0.25, 0.3) is 5.91 Å². The van der Waals surface area contributed by atoms with Gasteiger partial charge < -0.3 is 19.7 Å². The second-order valence-corrected chi connectivity index (χ2v) is 16.0. The number of carbonyl (C=O) groups excluding carboxylic acids is 2. The largest absolute Gasteiger partial charge is 0.490 e. The van der Waals surface area contributed by atoms with E-state index in [0.29, 0.717) is 42.6 Å². The Hall–Kier alpha value is -3.08. The normalized spacial score (nSPS) is 30.2. The molecule has 3 amide bonds. The van der Waals surface area contributed by atoms with E-state index in [-0.39, 0.29) is 23.3 Å². The summed E-state index contributed by atoms with van der Waals surface area (Å²) in [6, 6.07) is 10.8. The summed E-state index contributed by atoms with van der Waals surface area (Å²) < 4.78 is 33.3. The third-order valence-corrected chi connectivity index (χ3v) is 12.0. The minimum Gasteiger partial charge on any atom is -0.490 e. The molecule has 11 heteroatoms. The molecule has 46 heavy (non-hydrogen) atoms. The van der Waals surface area contributed by atoms with Crippen LogP contribution in [0.5, 0.6) is 5.75 Å². The lowest BCUT2D eigenvalue weighted by molar-refractivity contribution is 0.0132. The molecule has 1 fully saturated rings. The number of ether oxygens (including phenoxy) is 2. The molecule has 1 saturated carbocycles. The molecule has 2 N–H and O–H groups in total. The maximum Gasteiger partial charge on any atom is 0.327 e.